The molecule has 2 N–H and O–H groups in total. The Hall–Kier alpha value is -1.89. The lowest BCUT2D eigenvalue weighted by molar-refractivity contribution is 0.0948. The van der Waals surface area contributed by atoms with E-state index >= 15 is 0 Å². The summed E-state index contributed by atoms with van der Waals surface area (Å²) in [6, 6.07) is 3.90. The number of carbonyl (C=O) groups excluding carboxylic acids is 1. The van der Waals surface area contributed by atoms with Crippen LogP contribution in [0.4, 0.5) is 0 Å². The number of piperidine rings is 1. The minimum absolute atomic E-state index is 0. The number of carbonyl (C=O) groups is 1. The van der Waals surface area contributed by atoms with E-state index in [4.69, 9.17) is 4.42 Å². The maximum atomic E-state index is 12.5. The summed E-state index contributed by atoms with van der Waals surface area (Å²) in [6.07, 6.45) is 4.49. The van der Waals surface area contributed by atoms with E-state index in [9.17, 15) is 9.59 Å². The van der Waals surface area contributed by atoms with Gasteiger partial charge in [-0.1, -0.05) is 6.07 Å². The Balaban J connectivity index is 0.00000210. The van der Waals surface area contributed by atoms with E-state index in [0.29, 0.717) is 24.3 Å². The zero-order valence-electron chi connectivity index (χ0n) is 17.0. The van der Waals surface area contributed by atoms with Crippen LogP contribution in [0.25, 0.3) is 0 Å². The van der Waals surface area contributed by atoms with Crippen molar-refractivity contribution in [2.75, 3.05) is 19.6 Å². The van der Waals surface area contributed by atoms with Crippen molar-refractivity contribution in [3.8, 4) is 0 Å². The lowest BCUT2D eigenvalue weighted by atomic mass is 9.95. The predicted octanol–water partition coefficient (Wildman–Crippen LogP) is 3.24. The highest BCUT2D eigenvalue weighted by Crippen LogP contribution is 2.23. The van der Waals surface area contributed by atoms with Crippen LogP contribution in [0.1, 0.15) is 57.3 Å². The molecule has 2 aromatic heterocycles. The molecule has 0 bridgehead atoms. The Morgan fingerprint density at radius 2 is 2.00 bits per heavy atom. The molecule has 0 aromatic carbocycles. The zero-order chi connectivity index (χ0) is 19.4. The number of hydrogen-bond donors (Lipinski definition) is 2. The average Bonchev–Trinajstić information content (AvgIpc) is 2.63. The molecule has 1 aliphatic heterocycles. The molecule has 0 aliphatic carbocycles. The first-order chi connectivity index (χ1) is 13.0. The highest BCUT2D eigenvalue weighted by atomic mass is 35.5. The Labute approximate surface area is 183 Å². The van der Waals surface area contributed by atoms with E-state index in [2.05, 4.69) is 21.7 Å². The van der Waals surface area contributed by atoms with E-state index < -0.39 is 5.63 Å². The molecule has 1 fully saturated rings. The second kappa shape index (κ2) is 11.3. The van der Waals surface area contributed by atoms with Crippen LogP contribution >= 0.6 is 24.8 Å². The molecular formula is C21H29Cl2N3O3. The molecule has 0 saturated carbocycles. The number of pyridine rings is 1. The largest absolute Gasteiger partial charge is 0.427 e. The third-order valence-corrected chi connectivity index (χ3v) is 5.06. The van der Waals surface area contributed by atoms with Crippen LogP contribution in [0.5, 0.6) is 0 Å². The first kappa shape index (κ1) is 25.1. The molecule has 0 radical (unpaired) electrons. The first-order valence-electron chi connectivity index (χ1n) is 9.51. The van der Waals surface area contributed by atoms with Crippen molar-refractivity contribution in [1.29, 1.82) is 0 Å². The molecule has 1 unspecified atom stereocenters. The van der Waals surface area contributed by atoms with Gasteiger partial charge in [0.15, 0.2) is 0 Å². The van der Waals surface area contributed by atoms with Crippen molar-refractivity contribution in [3.63, 3.8) is 0 Å². The smallest absolute Gasteiger partial charge is 0.349 e. The molecule has 1 atom stereocenters. The standard InChI is InChI=1S/C21H27N3O3.2ClH/c1-13-9-14(2)17(24-11-13)6-8-23-20(25)19-15(3)10-18(27-21(19)26)16-5-4-7-22-12-16;;/h9-11,16,22H,4-8,12H2,1-3H3,(H,23,25);2*1H. The van der Waals surface area contributed by atoms with Crippen LogP contribution in [0, 0.1) is 20.8 Å². The number of halogens is 2. The minimum atomic E-state index is -0.558. The molecule has 0 spiro atoms. The van der Waals surface area contributed by atoms with Crippen LogP contribution in [0.15, 0.2) is 27.5 Å². The summed E-state index contributed by atoms with van der Waals surface area (Å²) in [5.74, 6) is 0.470. The highest BCUT2D eigenvalue weighted by molar-refractivity contribution is 5.95. The van der Waals surface area contributed by atoms with Gasteiger partial charge < -0.3 is 15.1 Å². The summed E-state index contributed by atoms with van der Waals surface area (Å²) in [5, 5.41) is 6.13. The van der Waals surface area contributed by atoms with E-state index in [1.807, 2.05) is 26.1 Å². The van der Waals surface area contributed by atoms with Crippen LogP contribution in [0.3, 0.4) is 0 Å². The normalized spacial score (nSPS) is 15.8. The van der Waals surface area contributed by atoms with Gasteiger partial charge in [-0.3, -0.25) is 9.78 Å². The van der Waals surface area contributed by atoms with E-state index in [-0.39, 0.29) is 42.2 Å². The molecule has 3 rings (SSSR count). The number of nitrogens with one attached hydrogen (secondary N) is 2. The molecule has 8 heteroatoms. The third kappa shape index (κ3) is 6.29. The SMILES string of the molecule is Cc1cnc(CCNC(=O)c2c(C)cc(C3CCCNC3)oc2=O)c(C)c1.Cl.Cl. The third-order valence-electron chi connectivity index (χ3n) is 5.06. The number of aryl methyl sites for hydroxylation is 3. The zero-order valence-corrected chi connectivity index (χ0v) is 18.7. The summed E-state index contributed by atoms with van der Waals surface area (Å²) in [6.45, 7) is 8.02. The molecule has 3 heterocycles. The minimum Gasteiger partial charge on any atom is -0.427 e. The lowest BCUT2D eigenvalue weighted by Crippen LogP contribution is -2.32. The van der Waals surface area contributed by atoms with Crippen molar-refractivity contribution >= 4 is 30.7 Å². The number of rotatable bonds is 5. The molecule has 2 aromatic rings. The highest BCUT2D eigenvalue weighted by Gasteiger charge is 2.22. The number of hydrogen-bond acceptors (Lipinski definition) is 5. The number of amides is 1. The van der Waals surface area contributed by atoms with E-state index in [1.54, 1.807) is 6.92 Å². The van der Waals surface area contributed by atoms with Crippen molar-refractivity contribution in [2.24, 2.45) is 0 Å². The van der Waals surface area contributed by atoms with Crippen LogP contribution < -0.4 is 16.3 Å². The number of aromatic nitrogens is 1. The molecule has 1 saturated heterocycles. The Bertz CT molecular complexity index is 893. The molecule has 1 amide bonds. The van der Waals surface area contributed by atoms with Crippen molar-refractivity contribution in [3.05, 3.63) is 62.5 Å². The average molecular weight is 442 g/mol. The Morgan fingerprint density at radius 1 is 1.24 bits per heavy atom. The quantitative estimate of drug-likeness (QED) is 0.743. The molecule has 6 nitrogen and oxygen atoms in total. The van der Waals surface area contributed by atoms with Crippen LogP contribution in [0.2, 0.25) is 0 Å². The molecule has 29 heavy (non-hydrogen) atoms. The van der Waals surface area contributed by atoms with Gasteiger partial charge in [0.25, 0.3) is 5.91 Å². The van der Waals surface area contributed by atoms with Gasteiger partial charge in [-0.2, -0.15) is 0 Å². The second-order valence-corrected chi connectivity index (χ2v) is 7.32. The topological polar surface area (TPSA) is 84.2 Å². The first-order valence-corrected chi connectivity index (χ1v) is 9.51. The fourth-order valence-corrected chi connectivity index (χ4v) is 3.59. The number of nitrogens with zero attached hydrogens (tertiary/aromatic N) is 1. The Kier molecular flexibility index (Phi) is 9.83. The Morgan fingerprint density at radius 3 is 2.62 bits per heavy atom. The summed E-state index contributed by atoms with van der Waals surface area (Å²) >= 11 is 0. The maximum Gasteiger partial charge on any atom is 0.349 e. The fraction of sp³-hybridized carbons (Fsp3) is 0.476. The summed E-state index contributed by atoms with van der Waals surface area (Å²) < 4.78 is 5.48. The van der Waals surface area contributed by atoms with Crippen LogP contribution in [-0.4, -0.2) is 30.5 Å². The lowest BCUT2D eigenvalue weighted by Gasteiger charge is -2.22. The fourth-order valence-electron chi connectivity index (χ4n) is 3.59. The van der Waals surface area contributed by atoms with Gasteiger partial charge in [0, 0.05) is 37.3 Å². The van der Waals surface area contributed by atoms with Crippen molar-refractivity contribution < 1.29 is 9.21 Å². The summed E-state index contributed by atoms with van der Waals surface area (Å²) in [5.41, 5.74) is 3.36. The molecular weight excluding hydrogens is 413 g/mol. The van der Waals surface area contributed by atoms with E-state index in [0.717, 1.165) is 42.8 Å². The maximum absolute atomic E-state index is 12.5. The predicted molar refractivity (Wildman–Crippen MR) is 119 cm³/mol. The van der Waals surface area contributed by atoms with Crippen LogP contribution in [-0.2, 0) is 6.42 Å². The van der Waals surface area contributed by atoms with Gasteiger partial charge in [-0.15, -0.1) is 24.8 Å². The summed E-state index contributed by atoms with van der Waals surface area (Å²) in [7, 11) is 0. The monoisotopic (exact) mass is 441 g/mol. The molecule has 1 aliphatic rings. The van der Waals surface area contributed by atoms with Gasteiger partial charge in [-0.05, 0) is 62.9 Å². The van der Waals surface area contributed by atoms with E-state index in [1.165, 1.54) is 0 Å². The molecule has 160 valence electrons. The van der Waals surface area contributed by atoms with Gasteiger partial charge in [0.2, 0.25) is 0 Å². The summed E-state index contributed by atoms with van der Waals surface area (Å²) in [4.78, 5) is 29.3. The van der Waals surface area contributed by atoms with Gasteiger partial charge in [-0.25, -0.2) is 4.79 Å². The van der Waals surface area contributed by atoms with Crippen molar-refractivity contribution in [2.45, 2.75) is 46.0 Å². The van der Waals surface area contributed by atoms with Gasteiger partial charge >= 0.3 is 5.63 Å². The second-order valence-electron chi connectivity index (χ2n) is 7.32. The van der Waals surface area contributed by atoms with Crippen molar-refractivity contribution in [1.82, 2.24) is 15.6 Å². The van der Waals surface area contributed by atoms with Gasteiger partial charge in [0.05, 0.1) is 0 Å². The van der Waals surface area contributed by atoms with Gasteiger partial charge in [0.1, 0.15) is 11.3 Å².